The van der Waals surface area contributed by atoms with E-state index in [1.54, 1.807) is 11.1 Å². The van der Waals surface area contributed by atoms with Gasteiger partial charge in [0.15, 0.2) is 0 Å². The minimum absolute atomic E-state index is 0.0456. The molecule has 2 fully saturated rings. The van der Waals surface area contributed by atoms with Gasteiger partial charge >= 0.3 is 0 Å². The number of carbonyl (C=O) groups is 1. The van der Waals surface area contributed by atoms with E-state index in [1.807, 2.05) is 12.3 Å². The molecule has 1 amide bonds. The van der Waals surface area contributed by atoms with Crippen molar-refractivity contribution in [3.05, 3.63) is 24.3 Å². The maximum Gasteiger partial charge on any atom is 0.230 e. The Balaban J connectivity index is 0.000000217. The second-order valence-corrected chi connectivity index (χ2v) is 8.60. The van der Waals surface area contributed by atoms with Crippen LogP contribution in [-0.4, -0.2) is 55.0 Å². The van der Waals surface area contributed by atoms with Crippen LogP contribution in [0.15, 0.2) is 18.5 Å². The molecule has 1 saturated carbocycles. The van der Waals surface area contributed by atoms with Crippen LogP contribution in [-0.2, 0) is 11.2 Å². The molecule has 3 aromatic heterocycles. The zero-order chi connectivity index (χ0) is 21.6. The summed E-state index contributed by atoms with van der Waals surface area (Å²) in [5, 5.41) is 18.8. The number of aliphatic hydroxyl groups excluding tert-OH is 1. The number of H-pyrrole nitrogens is 2. The van der Waals surface area contributed by atoms with Crippen molar-refractivity contribution in [3.8, 4) is 6.07 Å². The van der Waals surface area contributed by atoms with Crippen molar-refractivity contribution in [2.75, 3.05) is 13.1 Å². The molecule has 0 radical (unpaired) electrons. The number of aromatic nitrogens is 4. The standard InChI is InChI=1S/C15H17N5O2.C8H13N/c21-9-2-5-20(6-3-9)13(22)7-12-18-11-8-17-15-10(1-4-16-15)14(11)19-12;9-7-6-8-4-2-1-3-5-8/h1,4,8-9,21H,2-3,5-7H2,(H,16,17)(H,18,19);8H,1-6H2. The summed E-state index contributed by atoms with van der Waals surface area (Å²) in [6, 6.07) is 4.17. The number of hydrogen-bond donors (Lipinski definition) is 3. The molecule has 0 spiro atoms. The highest BCUT2D eigenvalue weighted by Crippen LogP contribution is 2.25. The fourth-order valence-corrected chi connectivity index (χ4v) is 4.50. The van der Waals surface area contributed by atoms with Gasteiger partial charge in [0.05, 0.1) is 30.3 Å². The number of fused-ring (bicyclic) bond motifs is 3. The Morgan fingerprint density at radius 3 is 2.74 bits per heavy atom. The van der Waals surface area contributed by atoms with E-state index < -0.39 is 0 Å². The Morgan fingerprint density at radius 1 is 1.23 bits per heavy atom. The third-order valence-corrected chi connectivity index (χ3v) is 6.32. The van der Waals surface area contributed by atoms with Crippen molar-refractivity contribution in [2.45, 2.75) is 63.9 Å². The second kappa shape index (κ2) is 9.92. The van der Waals surface area contributed by atoms with Gasteiger partial charge in [-0.15, -0.1) is 0 Å². The topological polar surface area (TPSA) is 122 Å². The number of pyridine rings is 1. The van der Waals surface area contributed by atoms with Crippen LogP contribution >= 0.6 is 0 Å². The Labute approximate surface area is 181 Å². The smallest absolute Gasteiger partial charge is 0.230 e. The van der Waals surface area contributed by atoms with Crippen LogP contribution in [0.1, 0.15) is 57.2 Å². The van der Waals surface area contributed by atoms with Gasteiger partial charge in [-0.25, -0.2) is 9.97 Å². The summed E-state index contributed by atoms with van der Waals surface area (Å²) in [5.41, 5.74) is 2.47. The molecule has 0 unspecified atom stereocenters. The minimum atomic E-state index is -0.275. The fraction of sp³-hybridized carbons (Fsp3) is 0.565. The predicted octanol–water partition coefficient (Wildman–Crippen LogP) is 3.45. The van der Waals surface area contributed by atoms with E-state index in [2.05, 4.69) is 26.0 Å². The summed E-state index contributed by atoms with van der Waals surface area (Å²) in [7, 11) is 0. The maximum absolute atomic E-state index is 12.3. The molecule has 8 nitrogen and oxygen atoms in total. The van der Waals surface area contributed by atoms with Gasteiger partial charge in [-0.2, -0.15) is 5.26 Å². The van der Waals surface area contributed by atoms with Crippen LogP contribution in [0.3, 0.4) is 0 Å². The Morgan fingerprint density at radius 2 is 2.00 bits per heavy atom. The first-order chi connectivity index (χ1) is 15.1. The van der Waals surface area contributed by atoms with E-state index >= 15 is 0 Å². The first-order valence-corrected chi connectivity index (χ1v) is 11.3. The van der Waals surface area contributed by atoms with Crippen molar-refractivity contribution < 1.29 is 9.90 Å². The number of nitrogens with zero attached hydrogens (tertiary/aromatic N) is 4. The molecule has 164 valence electrons. The van der Waals surface area contributed by atoms with Crippen LogP contribution in [0.25, 0.3) is 22.1 Å². The molecule has 3 aromatic rings. The summed E-state index contributed by atoms with van der Waals surface area (Å²) < 4.78 is 0. The number of nitrogens with one attached hydrogen (secondary N) is 2. The number of likely N-dealkylation sites (tertiary alicyclic amines) is 1. The quantitative estimate of drug-likeness (QED) is 0.597. The Kier molecular flexibility index (Phi) is 6.82. The molecule has 0 aromatic carbocycles. The Bertz CT molecular complexity index is 1050. The number of imidazole rings is 1. The van der Waals surface area contributed by atoms with E-state index in [1.165, 1.54) is 32.1 Å². The lowest BCUT2D eigenvalue weighted by atomic mass is 9.87. The van der Waals surface area contributed by atoms with E-state index in [-0.39, 0.29) is 18.4 Å². The van der Waals surface area contributed by atoms with Gasteiger partial charge in [-0.1, -0.05) is 19.3 Å². The monoisotopic (exact) mass is 422 g/mol. The van der Waals surface area contributed by atoms with Crippen molar-refractivity contribution in [1.82, 2.24) is 24.8 Å². The van der Waals surface area contributed by atoms with Gasteiger partial charge in [-0.3, -0.25) is 4.79 Å². The summed E-state index contributed by atoms with van der Waals surface area (Å²) in [6.45, 7) is 1.23. The number of amides is 1. The molecule has 8 heteroatoms. The second-order valence-electron chi connectivity index (χ2n) is 8.60. The van der Waals surface area contributed by atoms with Gasteiger partial charge < -0.3 is 20.0 Å². The average molecular weight is 423 g/mol. The van der Waals surface area contributed by atoms with Crippen LogP contribution < -0.4 is 0 Å². The zero-order valence-electron chi connectivity index (χ0n) is 17.8. The summed E-state index contributed by atoms with van der Waals surface area (Å²) in [6.07, 6.45) is 12.3. The number of hydrogen-bond acceptors (Lipinski definition) is 5. The third kappa shape index (κ3) is 5.23. The number of carbonyl (C=O) groups excluding carboxylic acids is 1. The fourth-order valence-electron chi connectivity index (χ4n) is 4.50. The van der Waals surface area contributed by atoms with E-state index in [4.69, 9.17) is 5.26 Å². The maximum atomic E-state index is 12.3. The van der Waals surface area contributed by atoms with Gasteiger partial charge in [0, 0.05) is 31.1 Å². The molecular weight excluding hydrogens is 392 g/mol. The van der Waals surface area contributed by atoms with Crippen molar-refractivity contribution >= 4 is 28.0 Å². The summed E-state index contributed by atoms with van der Waals surface area (Å²) in [4.78, 5) is 29.2. The van der Waals surface area contributed by atoms with Crippen LogP contribution in [0, 0.1) is 17.2 Å². The molecule has 0 bridgehead atoms. The van der Waals surface area contributed by atoms with Gasteiger partial charge in [0.2, 0.25) is 5.91 Å². The lowest BCUT2D eigenvalue weighted by Gasteiger charge is -2.29. The first kappa shape index (κ1) is 21.3. The van der Waals surface area contributed by atoms with Crippen molar-refractivity contribution in [3.63, 3.8) is 0 Å². The number of aromatic amines is 2. The first-order valence-electron chi connectivity index (χ1n) is 11.3. The summed E-state index contributed by atoms with van der Waals surface area (Å²) >= 11 is 0. The van der Waals surface area contributed by atoms with Gasteiger partial charge in [0.1, 0.15) is 17.0 Å². The number of aliphatic hydroxyl groups is 1. The number of rotatable bonds is 3. The lowest BCUT2D eigenvalue weighted by Crippen LogP contribution is -2.40. The molecule has 5 rings (SSSR count). The molecule has 3 N–H and O–H groups in total. The molecule has 2 aliphatic rings. The van der Waals surface area contributed by atoms with Crippen molar-refractivity contribution in [1.29, 1.82) is 5.26 Å². The SMILES string of the molecule is N#CCC1CCCCC1.O=C(Cc1nc2c(cnc3[nH]ccc32)[nH]1)N1CCC(O)CC1. The lowest BCUT2D eigenvalue weighted by molar-refractivity contribution is -0.132. The number of nitriles is 1. The van der Waals surface area contributed by atoms with Crippen LogP contribution in [0.4, 0.5) is 0 Å². The summed E-state index contributed by atoms with van der Waals surface area (Å²) in [5.74, 6) is 1.44. The molecule has 4 heterocycles. The minimum Gasteiger partial charge on any atom is -0.393 e. The molecule has 1 saturated heterocycles. The molecule has 0 atom stereocenters. The normalized spacial score (nSPS) is 18.0. The molecule has 31 heavy (non-hydrogen) atoms. The van der Waals surface area contributed by atoms with Gasteiger partial charge in [0.25, 0.3) is 0 Å². The highest BCUT2D eigenvalue weighted by molar-refractivity contribution is 6.00. The Hall–Kier alpha value is -2.92. The highest BCUT2D eigenvalue weighted by Gasteiger charge is 2.22. The predicted molar refractivity (Wildman–Crippen MR) is 118 cm³/mol. The van der Waals surface area contributed by atoms with Crippen LogP contribution in [0.2, 0.25) is 0 Å². The largest absolute Gasteiger partial charge is 0.393 e. The molecule has 1 aliphatic carbocycles. The van der Waals surface area contributed by atoms with E-state index in [0.29, 0.717) is 31.8 Å². The number of piperidine rings is 1. The molecule has 1 aliphatic heterocycles. The molecular formula is C23H30N6O2. The van der Waals surface area contributed by atoms with Crippen molar-refractivity contribution in [2.24, 2.45) is 5.92 Å². The van der Waals surface area contributed by atoms with Gasteiger partial charge in [-0.05, 0) is 37.7 Å². The zero-order valence-corrected chi connectivity index (χ0v) is 17.8. The van der Waals surface area contributed by atoms with Crippen LogP contribution in [0.5, 0.6) is 0 Å². The van der Waals surface area contributed by atoms with E-state index in [9.17, 15) is 9.90 Å². The van der Waals surface area contributed by atoms with E-state index in [0.717, 1.165) is 34.4 Å². The average Bonchev–Trinajstić information content (AvgIpc) is 3.42. The third-order valence-electron chi connectivity index (χ3n) is 6.32. The highest BCUT2D eigenvalue weighted by atomic mass is 16.3.